The molecular weight excluding hydrogens is 276 g/mol. The molecule has 1 fully saturated rings. The van der Waals surface area contributed by atoms with Gasteiger partial charge in [0.1, 0.15) is 0 Å². The van der Waals surface area contributed by atoms with E-state index in [0.29, 0.717) is 12.1 Å². The number of halogens is 1. The van der Waals surface area contributed by atoms with Crippen molar-refractivity contribution in [2.24, 2.45) is 0 Å². The molecule has 17 heavy (non-hydrogen) atoms. The molecule has 1 N–H and O–H groups in total. The Kier molecular flexibility index (Phi) is 4.10. The maximum atomic E-state index is 3.59. The smallest absolute Gasteiger partial charge is 0.0387 e. The van der Waals surface area contributed by atoms with Gasteiger partial charge in [-0.1, -0.05) is 22.9 Å². The number of piperazine rings is 1. The predicted octanol–water partition coefficient (Wildman–Crippen LogP) is 3.33. The monoisotopic (exact) mass is 296 g/mol. The molecule has 1 saturated heterocycles. The SMILES string of the molecule is CCC1CN(c2ccc(Br)c(C)c2)C(C)CN1. The van der Waals surface area contributed by atoms with Crippen molar-refractivity contribution in [2.75, 3.05) is 18.0 Å². The van der Waals surface area contributed by atoms with Crippen LogP contribution in [0.3, 0.4) is 0 Å². The van der Waals surface area contributed by atoms with E-state index in [9.17, 15) is 0 Å². The van der Waals surface area contributed by atoms with E-state index in [1.54, 1.807) is 0 Å². The van der Waals surface area contributed by atoms with Crippen LogP contribution in [0.25, 0.3) is 0 Å². The summed E-state index contributed by atoms with van der Waals surface area (Å²) in [5, 5.41) is 3.59. The molecule has 1 aliphatic heterocycles. The van der Waals surface area contributed by atoms with Crippen LogP contribution in [0.4, 0.5) is 5.69 Å². The first kappa shape index (κ1) is 12.9. The molecule has 2 rings (SSSR count). The van der Waals surface area contributed by atoms with E-state index in [1.807, 2.05) is 0 Å². The van der Waals surface area contributed by atoms with Gasteiger partial charge < -0.3 is 10.2 Å². The van der Waals surface area contributed by atoms with Crippen LogP contribution < -0.4 is 10.2 Å². The Labute approximate surface area is 113 Å². The predicted molar refractivity (Wildman–Crippen MR) is 77.8 cm³/mol. The standard InChI is InChI=1S/C14H21BrN2/c1-4-12-9-17(11(3)8-16-12)13-5-6-14(15)10(2)7-13/h5-7,11-12,16H,4,8-9H2,1-3H3. The third kappa shape index (κ3) is 2.83. The molecule has 0 bridgehead atoms. The van der Waals surface area contributed by atoms with E-state index in [-0.39, 0.29) is 0 Å². The highest BCUT2D eigenvalue weighted by molar-refractivity contribution is 9.10. The van der Waals surface area contributed by atoms with Gasteiger partial charge in [-0.25, -0.2) is 0 Å². The summed E-state index contributed by atoms with van der Waals surface area (Å²) in [5.41, 5.74) is 2.65. The molecule has 0 aliphatic carbocycles. The molecule has 0 radical (unpaired) electrons. The number of nitrogens with one attached hydrogen (secondary N) is 1. The second-order valence-corrected chi connectivity index (χ2v) is 5.80. The topological polar surface area (TPSA) is 15.3 Å². The van der Waals surface area contributed by atoms with Crippen LogP contribution in [-0.4, -0.2) is 25.2 Å². The molecule has 1 aromatic rings. The second-order valence-electron chi connectivity index (χ2n) is 4.95. The van der Waals surface area contributed by atoms with Crippen molar-refractivity contribution >= 4 is 21.6 Å². The first-order valence-corrected chi connectivity index (χ1v) is 7.17. The molecule has 1 aliphatic rings. The van der Waals surface area contributed by atoms with Crippen molar-refractivity contribution in [1.29, 1.82) is 0 Å². The maximum Gasteiger partial charge on any atom is 0.0387 e. The Hall–Kier alpha value is -0.540. The number of anilines is 1. The van der Waals surface area contributed by atoms with Crippen LogP contribution in [-0.2, 0) is 0 Å². The molecule has 0 amide bonds. The summed E-state index contributed by atoms with van der Waals surface area (Å²) in [6.45, 7) is 8.87. The zero-order chi connectivity index (χ0) is 12.4. The largest absolute Gasteiger partial charge is 0.366 e. The fraction of sp³-hybridized carbons (Fsp3) is 0.571. The lowest BCUT2D eigenvalue weighted by atomic mass is 10.1. The minimum absolute atomic E-state index is 0.568. The third-order valence-corrected chi connectivity index (χ3v) is 4.51. The van der Waals surface area contributed by atoms with Gasteiger partial charge in [0, 0.05) is 35.3 Å². The number of nitrogens with zero attached hydrogens (tertiary/aromatic N) is 1. The van der Waals surface area contributed by atoms with E-state index in [0.717, 1.165) is 13.1 Å². The van der Waals surface area contributed by atoms with Crippen molar-refractivity contribution < 1.29 is 0 Å². The quantitative estimate of drug-likeness (QED) is 0.900. The van der Waals surface area contributed by atoms with Gasteiger partial charge in [-0.05, 0) is 44.0 Å². The zero-order valence-corrected chi connectivity index (χ0v) is 12.4. The summed E-state index contributed by atoms with van der Waals surface area (Å²) in [6.07, 6.45) is 1.19. The highest BCUT2D eigenvalue weighted by Crippen LogP contribution is 2.25. The molecule has 0 aromatic heterocycles. The normalized spacial score (nSPS) is 25.1. The second kappa shape index (κ2) is 5.40. The minimum Gasteiger partial charge on any atom is -0.366 e. The summed E-state index contributed by atoms with van der Waals surface area (Å²) in [5.74, 6) is 0. The average molecular weight is 297 g/mol. The molecule has 1 aromatic carbocycles. The molecule has 2 nitrogen and oxygen atoms in total. The van der Waals surface area contributed by atoms with Gasteiger partial charge in [-0.15, -0.1) is 0 Å². The van der Waals surface area contributed by atoms with Crippen molar-refractivity contribution in [3.8, 4) is 0 Å². The van der Waals surface area contributed by atoms with E-state index < -0.39 is 0 Å². The summed E-state index contributed by atoms with van der Waals surface area (Å²) in [4.78, 5) is 2.52. The molecule has 1 heterocycles. The van der Waals surface area contributed by atoms with Crippen molar-refractivity contribution in [3.05, 3.63) is 28.2 Å². The molecular formula is C14H21BrN2. The van der Waals surface area contributed by atoms with Gasteiger partial charge in [0.15, 0.2) is 0 Å². The summed E-state index contributed by atoms with van der Waals surface area (Å²) < 4.78 is 1.19. The van der Waals surface area contributed by atoms with Gasteiger partial charge in [-0.2, -0.15) is 0 Å². The molecule has 2 unspecified atom stereocenters. The van der Waals surface area contributed by atoms with Crippen molar-refractivity contribution in [2.45, 2.75) is 39.3 Å². The van der Waals surface area contributed by atoms with E-state index in [2.05, 4.69) is 65.1 Å². The van der Waals surface area contributed by atoms with E-state index in [4.69, 9.17) is 0 Å². The van der Waals surface area contributed by atoms with Crippen LogP contribution in [0.1, 0.15) is 25.8 Å². The van der Waals surface area contributed by atoms with Crippen LogP contribution in [0.5, 0.6) is 0 Å². The molecule has 2 atom stereocenters. The number of rotatable bonds is 2. The summed E-state index contributed by atoms with van der Waals surface area (Å²) in [6, 6.07) is 7.83. The Morgan fingerprint density at radius 1 is 1.47 bits per heavy atom. The van der Waals surface area contributed by atoms with E-state index in [1.165, 1.54) is 22.1 Å². The van der Waals surface area contributed by atoms with Crippen molar-refractivity contribution in [3.63, 3.8) is 0 Å². The summed E-state index contributed by atoms with van der Waals surface area (Å²) >= 11 is 3.56. The number of hydrogen-bond acceptors (Lipinski definition) is 2. The van der Waals surface area contributed by atoms with E-state index >= 15 is 0 Å². The van der Waals surface area contributed by atoms with Crippen LogP contribution in [0.2, 0.25) is 0 Å². The molecule has 3 heteroatoms. The maximum absolute atomic E-state index is 3.59. The lowest BCUT2D eigenvalue weighted by Gasteiger charge is -2.40. The lowest BCUT2D eigenvalue weighted by molar-refractivity contribution is 0.397. The minimum atomic E-state index is 0.568. The van der Waals surface area contributed by atoms with Crippen LogP contribution >= 0.6 is 15.9 Å². The number of benzene rings is 1. The highest BCUT2D eigenvalue weighted by atomic mass is 79.9. The lowest BCUT2D eigenvalue weighted by Crippen LogP contribution is -2.55. The van der Waals surface area contributed by atoms with Crippen LogP contribution in [0.15, 0.2) is 22.7 Å². The Morgan fingerprint density at radius 3 is 2.88 bits per heavy atom. The fourth-order valence-corrected chi connectivity index (χ4v) is 2.62. The average Bonchev–Trinajstić information content (AvgIpc) is 2.33. The zero-order valence-electron chi connectivity index (χ0n) is 10.8. The first-order chi connectivity index (χ1) is 8.11. The Morgan fingerprint density at radius 2 is 2.24 bits per heavy atom. The molecule has 0 spiro atoms. The van der Waals surface area contributed by atoms with Crippen molar-refractivity contribution in [1.82, 2.24) is 5.32 Å². The van der Waals surface area contributed by atoms with Crippen LogP contribution in [0, 0.1) is 6.92 Å². The van der Waals surface area contributed by atoms with Gasteiger partial charge in [-0.3, -0.25) is 0 Å². The van der Waals surface area contributed by atoms with Gasteiger partial charge in [0.05, 0.1) is 0 Å². The first-order valence-electron chi connectivity index (χ1n) is 6.38. The number of aryl methyl sites for hydroxylation is 1. The fourth-order valence-electron chi connectivity index (χ4n) is 2.37. The molecule has 94 valence electrons. The Balaban J connectivity index is 2.21. The highest BCUT2D eigenvalue weighted by Gasteiger charge is 2.24. The third-order valence-electron chi connectivity index (χ3n) is 3.62. The number of hydrogen-bond donors (Lipinski definition) is 1. The van der Waals surface area contributed by atoms with Gasteiger partial charge >= 0.3 is 0 Å². The van der Waals surface area contributed by atoms with Gasteiger partial charge in [0.25, 0.3) is 0 Å². The molecule has 0 saturated carbocycles. The Bertz CT molecular complexity index is 392. The summed E-state index contributed by atoms with van der Waals surface area (Å²) in [7, 11) is 0. The van der Waals surface area contributed by atoms with Gasteiger partial charge in [0.2, 0.25) is 0 Å².